The molecule has 3 aliphatic heterocycles. The van der Waals surface area contributed by atoms with E-state index in [2.05, 4.69) is 16.3 Å². The number of allylic oxidation sites excluding steroid dienone is 2. The van der Waals surface area contributed by atoms with E-state index in [-0.39, 0.29) is 6.04 Å². The van der Waals surface area contributed by atoms with Gasteiger partial charge in [-0.1, -0.05) is 12.2 Å². The molecule has 74 valence electrons. The van der Waals surface area contributed by atoms with E-state index < -0.39 is 0 Å². The fourth-order valence-electron chi connectivity index (χ4n) is 2.39. The Morgan fingerprint density at radius 2 is 2.50 bits per heavy atom. The molecule has 1 N–H and O–H groups in total. The van der Waals surface area contributed by atoms with E-state index in [0.717, 1.165) is 35.7 Å². The van der Waals surface area contributed by atoms with Crippen LogP contribution in [0.25, 0.3) is 0 Å². The summed E-state index contributed by atoms with van der Waals surface area (Å²) in [7, 11) is 0. The third kappa shape index (κ3) is 1.00. The first-order chi connectivity index (χ1) is 6.86. The van der Waals surface area contributed by atoms with E-state index >= 15 is 0 Å². The predicted molar refractivity (Wildman–Crippen MR) is 53.8 cm³/mol. The van der Waals surface area contributed by atoms with Gasteiger partial charge in [0.2, 0.25) is 12.4 Å². The first-order valence-corrected chi connectivity index (χ1v) is 5.03. The zero-order chi connectivity index (χ0) is 9.54. The van der Waals surface area contributed by atoms with E-state index in [1.54, 1.807) is 0 Å². The SMILES string of the molecule is [O-][N+]1=C2C3=CC=CCN3CCC2NC1. The molecule has 0 aliphatic carbocycles. The molecule has 0 aromatic heterocycles. The van der Waals surface area contributed by atoms with Crippen LogP contribution in [-0.4, -0.2) is 41.2 Å². The van der Waals surface area contributed by atoms with Gasteiger partial charge in [-0.3, -0.25) is 0 Å². The molecule has 0 aromatic rings. The molecule has 3 heterocycles. The molecule has 0 radical (unpaired) electrons. The Balaban J connectivity index is 2.05. The van der Waals surface area contributed by atoms with Gasteiger partial charge in [0.25, 0.3) is 0 Å². The minimum atomic E-state index is 0.279. The van der Waals surface area contributed by atoms with Crippen molar-refractivity contribution in [3.05, 3.63) is 29.1 Å². The molecule has 1 atom stereocenters. The Labute approximate surface area is 82.8 Å². The van der Waals surface area contributed by atoms with Crippen molar-refractivity contribution in [3.63, 3.8) is 0 Å². The van der Waals surface area contributed by atoms with E-state index in [9.17, 15) is 5.21 Å². The summed E-state index contributed by atoms with van der Waals surface area (Å²) in [5, 5.41) is 14.8. The zero-order valence-corrected chi connectivity index (χ0v) is 7.94. The zero-order valence-electron chi connectivity index (χ0n) is 7.94. The average Bonchev–Trinajstić information content (AvgIpc) is 2.61. The Morgan fingerprint density at radius 1 is 1.57 bits per heavy atom. The minimum Gasteiger partial charge on any atom is -0.623 e. The topological polar surface area (TPSA) is 41.3 Å². The summed E-state index contributed by atoms with van der Waals surface area (Å²) in [6, 6.07) is 0.279. The number of fused-ring (bicyclic) bond motifs is 3. The van der Waals surface area contributed by atoms with Crippen LogP contribution in [0.15, 0.2) is 23.9 Å². The number of nitrogens with one attached hydrogen (secondary N) is 1. The van der Waals surface area contributed by atoms with Crippen molar-refractivity contribution in [2.24, 2.45) is 0 Å². The van der Waals surface area contributed by atoms with Gasteiger partial charge in [-0.25, -0.2) is 5.32 Å². The lowest BCUT2D eigenvalue weighted by molar-refractivity contribution is -0.452. The van der Waals surface area contributed by atoms with E-state index in [4.69, 9.17) is 0 Å². The first kappa shape index (κ1) is 8.05. The number of hydroxylamine groups is 1. The van der Waals surface area contributed by atoms with Crippen LogP contribution in [0.4, 0.5) is 0 Å². The highest BCUT2D eigenvalue weighted by atomic mass is 16.5. The first-order valence-electron chi connectivity index (χ1n) is 5.03. The molecular weight excluding hydrogens is 178 g/mol. The Kier molecular flexibility index (Phi) is 1.64. The molecule has 0 spiro atoms. The van der Waals surface area contributed by atoms with Crippen molar-refractivity contribution in [1.82, 2.24) is 10.2 Å². The Morgan fingerprint density at radius 3 is 3.43 bits per heavy atom. The molecule has 3 rings (SSSR count). The quantitative estimate of drug-likeness (QED) is 0.434. The predicted octanol–water partition coefficient (Wildman–Crippen LogP) is 0.0264. The molecule has 14 heavy (non-hydrogen) atoms. The minimum absolute atomic E-state index is 0.279. The van der Waals surface area contributed by atoms with Gasteiger partial charge in [0, 0.05) is 13.1 Å². The summed E-state index contributed by atoms with van der Waals surface area (Å²) in [4.78, 5) is 2.27. The molecule has 3 aliphatic rings. The maximum Gasteiger partial charge on any atom is 0.229 e. The van der Waals surface area contributed by atoms with Gasteiger partial charge in [0.15, 0.2) is 0 Å². The lowest BCUT2D eigenvalue weighted by Gasteiger charge is -2.33. The molecule has 1 fully saturated rings. The Hall–Kier alpha value is -1.29. The summed E-state index contributed by atoms with van der Waals surface area (Å²) >= 11 is 0. The lowest BCUT2D eigenvalue weighted by Crippen LogP contribution is -2.45. The van der Waals surface area contributed by atoms with Gasteiger partial charge in [-0.2, -0.15) is 4.74 Å². The smallest absolute Gasteiger partial charge is 0.229 e. The normalized spacial score (nSPS) is 30.1. The highest BCUT2D eigenvalue weighted by Crippen LogP contribution is 2.23. The van der Waals surface area contributed by atoms with Gasteiger partial charge < -0.3 is 10.1 Å². The van der Waals surface area contributed by atoms with Crippen molar-refractivity contribution >= 4 is 5.71 Å². The van der Waals surface area contributed by atoms with Gasteiger partial charge in [0.05, 0.1) is 0 Å². The van der Waals surface area contributed by atoms with Crippen molar-refractivity contribution in [2.75, 3.05) is 19.8 Å². The largest absolute Gasteiger partial charge is 0.623 e. The molecule has 0 saturated carbocycles. The number of nitrogens with zero attached hydrogens (tertiary/aromatic N) is 2. The van der Waals surface area contributed by atoms with E-state index in [1.807, 2.05) is 12.2 Å². The number of rotatable bonds is 0. The summed E-state index contributed by atoms with van der Waals surface area (Å²) < 4.78 is 1.09. The van der Waals surface area contributed by atoms with Crippen LogP contribution < -0.4 is 5.32 Å². The van der Waals surface area contributed by atoms with E-state index in [1.165, 1.54) is 0 Å². The van der Waals surface area contributed by atoms with Crippen molar-refractivity contribution in [1.29, 1.82) is 0 Å². The highest BCUT2D eigenvalue weighted by molar-refractivity contribution is 6.01. The van der Waals surface area contributed by atoms with Crippen LogP contribution in [-0.2, 0) is 0 Å². The fraction of sp³-hybridized carbons (Fsp3) is 0.500. The van der Waals surface area contributed by atoms with Crippen molar-refractivity contribution in [3.8, 4) is 0 Å². The standard InChI is InChI=1S/C10H13N3O/c14-13-7-11-8-4-6-12-5-2-1-3-9(12)10(8)13/h1-3,8,11H,4-7H2. The molecule has 0 bridgehead atoms. The summed E-state index contributed by atoms with van der Waals surface area (Å²) in [6.07, 6.45) is 7.25. The van der Waals surface area contributed by atoms with Crippen LogP contribution in [0, 0.1) is 5.21 Å². The molecule has 0 aromatic carbocycles. The molecule has 4 heteroatoms. The molecule has 1 unspecified atom stereocenters. The van der Waals surface area contributed by atoms with Gasteiger partial charge in [-0.15, -0.1) is 0 Å². The maximum absolute atomic E-state index is 11.6. The van der Waals surface area contributed by atoms with Gasteiger partial charge in [-0.05, 0) is 12.5 Å². The van der Waals surface area contributed by atoms with E-state index in [0.29, 0.717) is 6.67 Å². The monoisotopic (exact) mass is 191 g/mol. The number of hydrogen-bond acceptors (Lipinski definition) is 3. The van der Waals surface area contributed by atoms with Crippen molar-refractivity contribution < 1.29 is 4.74 Å². The molecule has 1 saturated heterocycles. The van der Waals surface area contributed by atoms with Crippen LogP contribution in [0.2, 0.25) is 0 Å². The second-order valence-electron chi connectivity index (χ2n) is 3.89. The highest BCUT2D eigenvalue weighted by Gasteiger charge is 2.39. The Bertz CT molecular complexity index is 356. The number of piperidine rings is 1. The van der Waals surface area contributed by atoms with Gasteiger partial charge >= 0.3 is 0 Å². The fourth-order valence-corrected chi connectivity index (χ4v) is 2.39. The second-order valence-corrected chi connectivity index (χ2v) is 3.89. The lowest BCUT2D eigenvalue weighted by atomic mass is 9.98. The molecule has 0 amide bonds. The van der Waals surface area contributed by atoms with Crippen LogP contribution >= 0.6 is 0 Å². The second kappa shape index (κ2) is 2.85. The van der Waals surface area contributed by atoms with Gasteiger partial charge in [0.1, 0.15) is 11.7 Å². The number of hydrogen-bond donors (Lipinski definition) is 1. The third-order valence-corrected chi connectivity index (χ3v) is 3.09. The average molecular weight is 191 g/mol. The maximum atomic E-state index is 11.6. The van der Waals surface area contributed by atoms with Crippen molar-refractivity contribution in [2.45, 2.75) is 12.5 Å². The summed E-state index contributed by atoms with van der Waals surface area (Å²) in [5.74, 6) is 0. The van der Waals surface area contributed by atoms with Crippen LogP contribution in [0.3, 0.4) is 0 Å². The molecule has 4 nitrogen and oxygen atoms in total. The van der Waals surface area contributed by atoms with Crippen LogP contribution in [0.1, 0.15) is 6.42 Å². The molecular formula is C10H13N3O. The summed E-state index contributed by atoms with van der Waals surface area (Å²) in [6.45, 7) is 2.43. The van der Waals surface area contributed by atoms with Crippen LogP contribution in [0.5, 0.6) is 0 Å². The summed E-state index contributed by atoms with van der Waals surface area (Å²) in [5.41, 5.74) is 2.05. The third-order valence-electron chi connectivity index (χ3n) is 3.09.